The van der Waals surface area contributed by atoms with Gasteiger partial charge in [0.25, 0.3) is 0 Å². The summed E-state index contributed by atoms with van der Waals surface area (Å²) in [5.74, 6) is 0. The van der Waals surface area contributed by atoms with E-state index >= 15 is 0 Å². The lowest BCUT2D eigenvalue weighted by molar-refractivity contribution is -0.831. The molecular formula is C23H28F3N2+. The van der Waals surface area contributed by atoms with E-state index < -0.39 is 22.8 Å². The predicted molar refractivity (Wildman–Crippen MR) is 104 cm³/mol. The zero-order valence-electron chi connectivity index (χ0n) is 17.1. The van der Waals surface area contributed by atoms with Gasteiger partial charge in [0.05, 0.1) is 23.6 Å². The van der Waals surface area contributed by atoms with Gasteiger partial charge in [0.1, 0.15) is 0 Å². The van der Waals surface area contributed by atoms with Crippen molar-refractivity contribution in [3.05, 3.63) is 53.2 Å². The van der Waals surface area contributed by atoms with Gasteiger partial charge in [-0.15, -0.1) is 11.3 Å². The number of hydrogen-bond acceptors (Lipinski definition) is 0. The third-order valence-electron chi connectivity index (χ3n) is 7.44. The molecule has 0 N–H and O–H groups in total. The van der Waals surface area contributed by atoms with E-state index in [0.717, 1.165) is 41.6 Å². The number of nitrogens with zero attached hydrogens (tertiary/aromatic N) is 2. The minimum Gasteiger partial charge on any atom is -0.164 e. The first kappa shape index (κ1) is 19.3. The Balaban J connectivity index is 2.27. The Bertz CT molecular complexity index is 969. The lowest BCUT2D eigenvalue weighted by Gasteiger charge is -2.45. The maximum absolute atomic E-state index is 14.2. The summed E-state index contributed by atoms with van der Waals surface area (Å²) >= 11 is 0. The van der Waals surface area contributed by atoms with Crippen molar-refractivity contribution in [1.29, 1.82) is 0 Å². The van der Waals surface area contributed by atoms with Crippen molar-refractivity contribution in [3.8, 4) is 11.3 Å². The molecule has 2 aliphatic rings. The maximum Gasteiger partial charge on any atom is 0.437 e. The van der Waals surface area contributed by atoms with E-state index in [1.807, 2.05) is 10.8 Å². The Morgan fingerprint density at radius 1 is 1.21 bits per heavy atom. The molecule has 2 nitrogen and oxygen atoms in total. The molecule has 2 aromatic rings. The number of benzene rings is 1. The molecule has 2 unspecified atom stereocenters. The number of hydrogen-bond donors (Lipinski definition) is 0. The molecule has 1 aliphatic carbocycles. The van der Waals surface area contributed by atoms with Crippen LogP contribution in [-0.4, -0.2) is 4.68 Å². The van der Waals surface area contributed by atoms with Crippen molar-refractivity contribution in [2.24, 2.45) is 7.05 Å². The van der Waals surface area contributed by atoms with Gasteiger partial charge in [0.2, 0.25) is 11.2 Å². The summed E-state index contributed by atoms with van der Waals surface area (Å²) < 4.78 is 45.8. The van der Waals surface area contributed by atoms with Crippen molar-refractivity contribution in [2.45, 2.75) is 70.0 Å². The Morgan fingerprint density at radius 3 is 2.50 bits per heavy atom. The SMILES string of the molecule is C=CC1(CC)c2cccc3c2-c2c(c(C(F)(F)F)n(C)[n+]2C1(C)CC)CCC3. The molecule has 1 aromatic heterocycles. The van der Waals surface area contributed by atoms with E-state index in [1.54, 1.807) is 7.05 Å². The lowest BCUT2D eigenvalue weighted by Crippen LogP contribution is -2.71. The van der Waals surface area contributed by atoms with E-state index in [1.165, 1.54) is 4.68 Å². The molecule has 1 aliphatic heterocycles. The first-order valence-electron chi connectivity index (χ1n) is 10.2. The van der Waals surface area contributed by atoms with E-state index in [4.69, 9.17) is 0 Å². The smallest absolute Gasteiger partial charge is 0.164 e. The average molecular weight is 389 g/mol. The Labute approximate surface area is 164 Å². The first-order chi connectivity index (χ1) is 13.2. The fraction of sp³-hybridized carbons (Fsp3) is 0.522. The first-order valence-corrected chi connectivity index (χ1v) is 10.2. The number of aryl methyl sites for hydroxylation is 1. The minimum atomic E-state index is -4.38. The molecule has 0 saturated carbocycles. The summed E-state index contributed by atoms with van der Waals surface area (Å²) in [6.07, 6.45) is 1.07. The molecule has 0 fully saturated rings. The standard InChI is InChI=1S/C23H28F3N2/c1-6-21(4)22(7-2,8-3)17-14-10-12-15-11-9-13-16-19(18(15)17)28(21)27(5)20(16)23(24,25)26/h7,10,12,14H,2,6,8-9,11,13H2,1,3-5H3/q+1. The third-order valence-corrected chi connectivity index (χ3v) is 7.44. The highest BCUT2D eigenvalue weighted by atomic mass is 19.4. The van der Waals surface area contributed by atoms with Crippen LogP contribution in [0.4, 0.5) is 13.2 Å². The highest BCUT2D eigenvalue weighted by molar-refractivity contribution is 5.74. The highest BCUT2D eigenvalue weighted by Crippen LogP contribution is 2.54. The monoisotopic (exact) mass is 389 g/mol. The summed E-state index contributed by atoms with van der Waals surface area (Å²) in [6, 6.07) is 6.25. The molecule has 5 heteroatoms. The van der Waals surface area contributed by atoms with Crippen molar-refractivity contribution >= 4 is 0 Å². The van der Waals surface area contributed by atoms with Gasteiger partial charge in [-0.1, -0.05) is 38.1 Å². The maximum atomic E-state index is 14.2. The number of alkyl halides is 3. The topological polar surface area (TPSA) is 8.81 Å². The second-order valence-corrected chi connectivity index (χ2v) is 8.36. The zero-order valence-corrected chi connectivity index (χ0v) is 17.1. The molecule has 0 bridgehead atoms. The van der Waals surface area contributed by atoms with Gasteiger partial charge in [0.15, 0.2) is 5.69 Å². The molecule has 0 spiro atoms. The fourth-order valence-electron chi connectivity index (χ4n) is 6.02. The van der Waals surface area contributed by atoms with E-state index in [9.17, 15) is 13.2 Å². The van der Waals surface area contributed by atoms with Gasteiger partial charge in [-0.05, 0) is 36.8 Å². The van der Waals surface area contributed by atoms with Crippen LogP contribution in [0.5, 0.6) is 0 Å². The second-order valence-electron chi connectivity index (χ2n) is 8.36. The Hall–Kier alpha value is -2.04. The van der Waals surface area contributed by atoms with Crippen molar-refractivity contribution < 1.29 is 17.9 Å². The average Bonchev–Trinajstić information content (AvgIpc) is 2.83. The molecular weight excluding hydrogens is 361 g/mol. The van der Waals surface area contributed by atoms with Crippen LogP contribution >= 0.6 is 0 Å². The normalized spacial score (nSPS) is 26.0. The molecule has 0 saturated heterocycles. The van der Waals surface area contributed by atoms with Crippen molar-refractivity contribution in [3.63, 3.8) is 0 Å². The van der Waals surface area contributed by atoms with E-state index in [0.29, 0.717) is 18.4 Å². The highest BCUT2D eigenvalue weighted by Gasteiger charge is 2.62. The Morgan fingerprint density at radius 2 is 1.93 bits per heavy atom. The zero-order chi connectivity index (χ0) is 20.5. The van der Waals surface area contributed by atoms with Gasteiger partial charge in [-0.2, -0.15) is 17.9 Å². The largest absolute Gasteiger partial charge is 0.437 e. The number of allylic oxidation sites excluding steroid dienone is 1. The number of halogens is 3. The number of rotatable bonds is 3. The lowest BCUT2D eigenvalue weighted by atomic mass is 9.59. The summed E-state index contributed by atoms with van der Waals surface area (Å²) in [5, 5.41) is 0. The second kappa shape index (κ2) is 5.98. The molecule has 1 aromatic carbocycles. The summed E-state index contributed by atoms with van der Waals surface area (Å²) in [7, 11) is 1.57. The predicted octanol–water partition coefficient (Wildman–Crippen LogP) is 5.46. The molecule has 0 radical (unpaired) electrons. The third kappa shape index (κ3) is 2.08. The summed E-state index contributed by atoms with van der Waals surface area (Å²) in [5.41, 5.74) is 3.05. The quantitative estimate of drug-likeness (QED) is 0.487. The van der Waals surface area contributed by atoms with Crippen LogP contribution in [0.15, 0.2) is 30.9 Å². The van der Waals surface area contributed by atoms with Gasteiger partial charge in [0, 0.05) is 13.3 Å². The van der Waals surface area contributed by atoms with Crippen LogP contribution in [0.3, 0.4) is 0 Å². The molecule has 150 valence electrons. The summed E-state index contributed by atoms with van der Waals surface area (Å²) in [6.45, 7) is 10.5. The molecule has 28 heavy (non-hydrogen) atoms. The van der Waals surface area contributed by atoms with Crippen LogP contribution in [0, 0.1) is 0 Å². The summed E-state index contributed by atoms with van der Waals surface area (Å²) in [4.78, 5) is 0. The number of aromatic nitrogens is 2. The van der Waals surface area contributed by atoms with E-state index in [2.05, 4.69) is 45.5 Å². The molecule has 4 rings (SSSR count). The molecule has 2 atom stereocenters. The minimum absolute atomic E-state index is 0.429. The fourth-order valence-corrected chi connectivity index (χ4v) is 6.02. The van der Waals surface area contributed by atoms with Crippen molar-refractivity contribution in [1.82, 2.24) is 4.68 Å². The van der Waals surface area contributed by atoms with Crippen LogP contribution in [0.25, 0.3) is 11.3 Å². The van der Waals surface area contributed by atoms with Gasteiger partial charge in [-0.25, -0.2) is 0 Å². The van der Waals surface area contributed by atoms with Crippen LogP contribution in [-0.2, 0) is 37.0 Å². The van der Waals surface area contributed by atoms with Gasteiger partial charge in [-0.3, -0.25) is 0 Å². The van der Waals surface area contributed by atoms with E-state index in [-0.39, 0.29) is 0 Å². The van der Waals surface area contributed by atoms with Crippen molar-refractivity contribution in [2.75, 3.05) is 0 Å². The van der Waals surface area contributed by atoms with Crippen LogP contribution in [0.2, 0.25) is 0 Å². The molecule has 2 heterocycles. The van der Waals surface area contributed by atoms with Crippen LogP contribution < -0.4 is 4.68 Å². The van der Waals surface area contributed by atoms with Crippen LogP contribution in [0.1, 0.15) is 62.4 Å². The Kier molecular flexibility index (Phi) is 4.12. The van der Waals surface area contributed by atoms with Gasteiger partial charge >= 0.3 is 6.18 Å². The molecule has 0 amide bonds. The van der Waals surface area contributed by atoms with Gasteiger partial charge < -0.3 is 0 Å².